The zero-order valence-corrected chi connectivity index (χ0v) is 9.25. The quantitative estimate of drug-likeness (QED) is 0.731. The Morgan fingerprint density at radius 3 is 2.88 bits per heavy atom. The molecule has 0 radical (unpaired) electrons. The normalized spacial score (nSPS) is 18.8. The summed E-state index contributed by atoms with van der Waals surface area (Å²) in [6, 6.07) is 1.96. The van der Waals surface area contributed by atoms with E-state index in [2.05, 4.69) is 20.0 Å². The molecule has 0 spiro atoms. The molecule has 1 aliphatic rings. The van der Waals surface area contributed by atoms with E-state index in [0.717, 1.165) is 11.5 Å². The summed E-state index contributed by atoms with van der Waals surface area (Å²) in [5.74, 6) is 1.54. The summed E-state index contributed by atoms with van der Waals surface area (Å²) in [4.78, 5) is 10.4. The van der Waals surface area contributed by atoms with Crippen LogP contribution < -0.4 is 4.90 Å². The first-order valence-corrected chi connectivity index (χ1v) is 5.20. The molecule has 6 heteroatoms. The molecule has 16 heavy (non-hydrogen) atoms. The van der Waals surface area contributed by atoms with Crippen LogP contribution in [0.2, 0.25) is 0 Å². The number of anilines is 1. The van der Waals surface area contributed by atoms with Crippen molar-refractivity contribution in [2.45, 2.75) is 19.4 Å². The van der Waals surface area contributed by atoms with Gasteiger partial charge in [-0.15, -0.1) is 0 Å². The Labute approximate surface area is 92.5 Å². The maximum Gasteiger partial charge on any atom is 0.254 e. The van der Waals surface area contributed by atoms with E-state index >= 15 is 0 Å². The van der Waals surface area contributed by atoms with Gasteiger partial charge in [0, 0.05) is 24.8 Å². The van der Waals surface area contributed by atoms with Crippen molar-refractivity contribution in [3.05, 3.63) is 18.1 Å². The van der Waals surface area contributed by atoms with E-state index in [9.17, 15) is 5.11 Å². The molecule has 1 N–H and O–H groups in total. The van der Waals surface area contributed by atoms with Crippen molar-refractivity contribution in [2.24, 2.45) is 0 Å². The highest BCUT2D eigenvalue weighted by Gasteiger charge is 2.37. The summed E-state index contributed by atoms with van der Waals surface area (Å²) in [6.45, 7) is 4.99. The number of β-amino-alcohol motifs (C(OH)–C–C–N with tert-alkyl or cyclic N) is 1. The standard InChI is InChI=1S/C10H13N5O/c1-7-3-8(14-4-10(2,16)5-14)15-9(13-7)11-6-12-15/h3,6,16H,4-5H2,1-2H3. The van der Waals surface area contributed by atoms with Gasteiger partial charge in [0.1, 0.15) is 12.1 Å². The first-order valence-electron chi connectivity index (χ1n) is 5.20. The van der Waals surface area contributed by atoms with Gasteiger partial charge in [-0.2, -0.15) is 14.6 Å². The van der Waals surface area contributed by atoms with Crippen LogP contribution in [0.25, 0.3) is 5.78 Å². The predicted octanol–water partition coefficient (Wildman–Crippen LogP) is 0.00372. The third-order valence-electron chi connectivity index (χ3n) is 2.75. The highest BCUT2D eigenvalue weighted by molar-refractivity contribution is 5.50. The number of aryl methyl sites for hydroxylation is 1. The van der Waals surface area contributed by atoms with Crippen LogP contribution in [0.1, 0.15) is 12.6 Å². The van der Waals surface area contributed by atoms with E-state index in [1.165, 1.54) is 6.33 Å². The van der Waals surface area contributed by atoms with Crippen LogP contribution in [0.4, 0.5) is 5.82 Å². The average molecular weight is 219 g/mol. The minimum absolute atomic E-state index is 0.593. The van der Waals surface area contributed by atoms with Crippen molar-refractivity contribution in [3.8, 4) is 0 Å². The molecule has 0 aromatic carbocycles. The lowest BCUT2D eigenvalue weighted by Gasteiger charge is -2.45. The maximum atomic E-state index is 9.73. The van der Waals surface area contributed by atoms with Crippen LogP contribution >= 0.6 is 0 Å². The van der Waals surface area contributed by atoms with Gasteiger partial charge in [0.25, 0.3) is 5.78 Å². The van der Waals surface area contributed by atoms with E-state index < -0.39 is 5.60 Å². The fourth-order valence-electron chi connectivity index (χ4n) is 2.07. The van der Waals surface area contributed by atoms with E-state index in [1.54, 1.807) is 4.52 Å². The highest BCUT2D eigenvalue weighted by atomic mass is 16.3. The van der Waals surface area contributed by atoms with Crippen molar-refractivity contribution >= 4 is 11.6 Å². The Morgan fingerprint density at radius 2 is 2.19 bits per heavy atom. The molecule has 2 aromatic heterocycles. The Balaban J connectivity index is 2.06. The van der Waals surface area contributed by atoms with Crippen LogP contribution in [0.3, 0.4) is 0 Å². The van der Waals surface area contributed by atoms with Crippen LogP contribution in [-0.2, 0) is 0 Å². The molecule has 0 unspecified atom stereocenters. The zero-order chi connectivity index (χ0) is 11.3. The second-order valence-corrected chi connectivity index (χ2v) is 4.58. The summed E-state index contributed by atoms with van der Waals surface area (Å²) in [7, 11) is 0. The topological polar surface area (TPSA) is 66.5 Å². The van der Waals surface area contributed by atoms with Gasteiger partial charge in [-0.3, -0.25) is 0 Å². The maximum absolute atomic E-state index is 9.73. The molecule has 0 saturated carbocycles. The molecule has 0 amide bonds. The van der Waals surface area contributed by atoms with Crippen molar-refractivity contribution < 1.29 is 5.11 Å². The lowest BCUT2D eigenvalue weighted by molar-refractivity contribution is 0.0302. The van der Waals surface area contributed by atoms with Gasteiger partial charge in [-0.1, -0.05) is 0 Å². The van der Waals surface area contributed by atoms with Crippen molar-refractivity contribution in [2.75, 3.05) is 18.0 Å². The first-order chi connectivity index (χ1) is 7.55. The molecule has 2 aromatic rings. The Hall–Kier alpha value is -1.69. The molecule has 3 heterocycles. The van der Waals surface area contributed by atoms with Gasteiger partial charge in [-0.25, -0.2) is 4.98 Å². The van der Waals surface area contributed by atoms with Crippen molar-refractivity contribution in [3.63, 3.8) is 0 Å². The molecular formula is C10H13N5O. The van der Waals surface area contributed by atoms with Gasteiger partial charge < -0.3 is 10.0 Å². The molecule has 1 saturated heterocycles. The van der Waals surface area contributed by atoms with Gasteiger partial charge in [0.15, 0.2) is 0 Å². The first kappa shape index (κ1) is 9.53. The Morgan fingerprint density at radius 1 is 1.44 bits per heavy atom. The fourth-order valence-corrected chi connectivity index (χ4v) is 2.07. The summed E-state index contributed by atoms with van der Waals surface area (Å²) >= 11 is 0. The number of rotatable bonds is 1. The van der Waals surface area contributed by atoms with Crippen molar-refractivity contribution in [1.29, 1.82) is 0 Å². The predicted molar refractivity (Wildman–Crippen MR) is 58.4 cm³/mol. The van der Waals surface area contributed by atoms with E-state index in [-0.39, 0.29) is 0 Å². The van der Waals surface area contributed by atoms with E-state index in [1.807, 2.05) is 19.9 Å². The smallest absolute Gasteiger partial charge is 0.254 e. The number of hydrogen-bond acceptors (Lipinski definition) is 5. The van der Waals surface area contributed by atoms with Crippen LogP contribution in [0.5, 0.6) is 0 Å². The molecule has 1 fully saturated rings. The molecule has 84 valence electrons. The summed E-state index contributed by atoms with van der Waals surface area (Å²) in [6.07, 6.45) is 1.49. The number of fused-ring (bicyclic) bond motifs is 1. The lowest BCUT2D eigenvalue weighted by Crippen LogP contribution is -2.60. The zero-order valence-electron chi connectivity index (χ0n) is 9.25. The summed E-state index contributed by atoms with van der Waals surface area (Å²) < 4.78 is 1.70. The molecule has 0 bridgehead atoms. The highest BCUT2D eigenvalue weighted by Crippen LogP contribution is 2.27. The monoisotopic (exact) mass is 219 g/mol. The van der Waals surface area contributed by atoms with Gasteiger partial charge in [0.2, 0.25) is 0 Å². The average Bonchev–Trinajstić information content (AvgIpc) is 2.60. The number of aromatic nitrogens is 4. The molecule has 6 nitrogen and oxygen atoms in total. The second-order valence-electron chi connectivity index (χ2n) is 4.58. The number of aliphatic hydroxyl groups is 1. The molecule has 0 atom stereocenters. The molecule has 3 rings (SSSR count). The SMILES string of the molecule is Cc1cc(N2CC(C)(O)C2)n2ncnc2n1. The number of hydrogen-bond donors (Lipinski definition) is 1. The molecule has 0 aliphatic carbocycles. The third-order valence-corrected chi connectivity index (χ3v) is 2.75. The largest absolute Gasteiger partial charge is 0.386 e. The van der Waals surface area contributed by atoms with Crippen molar-refractivity contribution in [1.82, 2.24) is 19.6 Å². The minimum atomic E-state index is -0.593. The Bertz CT molecular complexity index is 539. The van der Waals surface area contributed by atoms with Gasteiger partial charge in [0.05, 0.1) is 5.60 Å². The summed E-state index contributed by atoms with van der Waals surface area (Å²) in [5, 5.41) is 13.9. The third kappa shape index (κ3) is 1.34. The molecule has 1 aliphatic heterocycles. The van der Waals surface area contributed by atoms with Crippen LogP contribution in [-0.4, -0.2) is 43.4 Å². The minimum Gasteiger partial charge on any atom is -0.386 e. The molecular weight excluding hydrogens is 206 g/mol. The van der Waals surface area contributed by atoms with Crippen LogP contribution in [0.15, 0.2) is 12.4 Å². The van der Waals surface area contributed by atoms with Gasteiger partial charge >= 0.3 is 0 Å². The lowest BCUT2D eigenvalue weighted by atomic mass is 9.97. The number of nitrogens with zero attached hydrogens (tertiary/aromatic N) is 5. The van der Waals surface area contributed by atoms with E-state index in [0.29, 0.717) is 18.9 Å². The fraction of sp³-hybridized carbons (Fsp3) is 0.500. The van der Waals surface area contributed by atoms with Crippen LogP contribution in [0, 0.1) is 6.92 Å². The second kappa shape index (κ2) is 2.91. The van der Waals surface area contributed by atoms with Gasteiger partial charge in [-0.05, 0) is 13.8 Å². The van der Waals surface area contributed by atoms with E-state index in [4.69, 9.17) is 0 Å². The Kier molecular flexibility index (Phi) is 1.74. The summed E-state index contributed by atoms with van der Waals surface area (Å²) in [5.41, 5.74) is 0.311.